The minimum Gasteiger partial charge on any atom is -0.503 e. The lowest BCUT2D eigenvalue weighted by Gasteiger charge is -2.26. The molecule has 0 saturated carbocycles. The van der Waals surface area contributed by atoms with E-state index in [0.717, 1.165) is 0 Å². The molecule has 0 fully saturated rings. The summed E-state index contributed by atoms with van der Waals surface area (Å²) in [5.41, 5.74) is 0.801. The molecule has 6 nitrogen and oxygen atoms in total. The van der Waals surface area contributed by atoms with Crippen molar-refractivity contribution in [3.8, 4) is 0 Å². The smallest absolute Gasteiger partial charge is 0.290 e. The number of Topliss-reactive ketones (excluding diaryl/α,β-unsaturated/α-hetero) is 1. The van der Waals surface area contributed by atoms with Gasteiger partial charge in [-0.2, -0.15) is 0 Å². The Morgan fingerprint density at radius 3 is 2.88 bits per heavy atom. The summed E-state index contributed by atoms with van der Waals surface area (Å²) >= 11 is 1.28. The van der Waals surface area contributed by atoms with E-state index in [9.17, 15) is 14.7 Å². The highest BCUT2D eigenvalue weighted by atomic mass is 32.1. The molecule has 0 saturated heterocycles. The van der Waals surface area contributed by atoms with Crippen LogP contribution >= 0.6 is 11.3 Å². The van der Waals surface area contributed by atoms with Gasteiger partial charge in [-0.15, -0.1) is 11.3 Å². The van der Waals surface area contributed by atoms with Crippen molar-refractivity contribution in [3.63, 3.8) is 0 Å². The van der Waals surface area contributed by atoms with Crippen molar-refractivity contribution in [2.75, 3.05) is 20.3 Å². The van der Waals surface area contributed by atoms with Crippen LogP contribution in [0.1, 0.15) is 27.7 Å². The number of nitrogens with zero attached hydrogens (tertiary/aromatic N) is 2. The van der Waals surface area contributed by atoms with E-state index >= 15 is 0 Å². The molecule has 2 aromatic heterocycles. The molecular weight excluding hydrogens is 340 g/mol. The van der Waals surface area contributed by atoms with E-state index in [4.69, 9.17) is 4.74 Å². The Hall–Kier alpha value is -2.51. The minimum absolute atomic E-state index is 0.109. The van der Waals surface area contributed by atoms with Gasteiger partial charge >= 0.3 is 0 Å². The molecule has 1 aliphatic heterocycles. The third kappa shape index (κ3) is 3.33. The van der Waals surface area contributed by atoms with Gasteiger partial charge in [-0.05, 0) is 29.5 Å². The predicted octanol–water partition coefficient (Wildman–Crippen LogP) is 2.76. The quantitative estimate of drug-likeness (QED) is 0.608. The van der Waals surface area contributed by atoms with Crippen LogP contribution < -0.4 is 0 Å². The predicted molar refractivity (Wildman–Crippen MR) is 93.5 cm³/mol. The van der Waals surface area contributed by atoms with E-state index in [2.05, 4.69) is 4.98 Å². The largest absolute Gasteiger partial charge is 0.503 e. The summed E-state index contributed by atoms with van der Waals surface area (Å²) in [6, 6.07) is 6.35. The normalized spacial score (nSPS) is 17.4. The maximum Gasteiger partial charge on any atom is 0.290 e. The van der Waals surface area contributed by atoms with Crippen LogP contribution in [0, 0.1) is 0 Å². The average molecular weight is 358 g/mol. The van der Waals surface area contributed by atoms with Gasteiger partial charge in [0.1, 0.15) is 0 Å². The molecule has 130 valence electrons. The van der Waals surface area contributed by atoms with Gasteiger partial charge in [0.2, 0.25) is 5.78 Å². The van der Waals surface area contributed by atoms with Gasteiger partial charge in [0, 0.05) is 32.7 Å². The van der Waals surface area contributed by atoms with Crippen LogP contribution in [0.3, 0.4) is 0 Å². The zero-order valence-corrected chi connectivity index (χ0v) is 14.5. The Balaban J connectivity index is 2.01. The molecule has 7 heteroatoms. The molecule has 1 amide bonds. The first-order valence-electron chi connectivity index (χ1n) is 7.86. The van der Waals surface area contributed by atoms with Crippen molar-refractivity contribution < 1.29 is 19.4 Å². The van der Waals surface area contributed by atoms with Crippen molar-refractivity contribution in [1.82, 2.24) is 9.88 Å². The summed E-state index contributed by atoms with van der Waals surface area (Å²) in [4.78, 5) is 31.6. The number of aliphatic hydroxyl groups excluding tert-OH is 1. The maximum atomic E-state index is 12.9. The number of carbonyl (C=O) groups excluding carboxylic acids is 2. The number of amides is 1. The molecule has 1 atom stereocenters. The summed E-state index contributed by atoms with van der Waals surface area (Å²) < 4.78 is 5.05. The topological polar surface area (TPSA) is 79.7 Å². The summed E-state index contributed by atoms with van der Waals surface area (Å²) in [6.07, 6.45) is 3.84. The number of aliphatic hydroxyl groups is 1. The third-order valence-corrected chi connectivity index (χ3v) is 4.91. The van der Waals surface area contributed by atoms with Crippen molar-refractivity contribution in [3.05, 3.63) is 63.8 Å². The Morgan fingerprint density at radius 2 is 2.24 bits per heavy atom. The minimum atomic E-state index is -0.646. The number of pyridine rings is 1. The fraction of sp³-hybridized carbons (Fsp3) is 0.278. The maximum absolute atomic E-state index is 12.9. The SMILES string of the molecule is COCCCN1C(=O)C(O)=C(C(=O)c2cccs2)C1c1cccnc1. The lowest BCUT2D eigenvalue weighted by atomic mass is 9.96. The van der Waals surface area contributed by atoms with Crippen LogP contribution in [-0.4, -0.2) is 46.9 Å². The molecule has 25 heavy (non-hydrogen) atoms. The van der Waals surface area contributed by atoms with E-state index in [0.29, 0.717) is 30.0 Å². The number of carbonyl (C=O) groups is 2. The van der Waals surface area contributed by atoms with Gasteiger partial charge in [0.05, 0.1) is 16.5 Å². The average Bonchev–Trinajstić information content (AvgIpc) is 3.25. The Morgan fingerprint density at radius 1 is 1.40 bits per heavy atom. The molecular formula is C18H18N2O4S. The number of hydrogen-bond donors (Lipinski definition) is 1. The molecule has 3 heterocycles. The lowest BCUT2D eigenvalue weighted by Crippen LogP contribution is -2.32. The van der Waals surface area contributed by atoms with Gasteiger partial charge in [-0.1, -0.05) is 12.1 Å². The number of thiophene rings is 1. The van der Waals surface area contributed by atoms with Gasteiger partial charge < -0.3 is 14.7 Å². The third-order valence-electron chi connectivity index (χ3n) is 4.04. The number of rotatable bonds is 7. The Kier molecular flexibility index (Phi) is 5.25. The molecule has 1 N–H and O–H groups in total. The summed E-state index contributed by atoms with van der Waals surface area (Å²) in [5, 5.41) is 12.2. The molecule has 1 aliphatic rings. The van der Waals surface area contributed by atoms with Gasteiger partial charge in [0.25, 0.3) is 5.91 Å². The summed E-state index contributed by atoms with van der Waals surface area (Å²) in [6.45, 7) is 0.857. The molecule has 0 radical (unpaired) electrons. The molecule has 0 bridgehead atoms. The van der Waals surface area contributed by atoms with Crippen LogP contribution in [0.4, 0.5) is 0 Å². The van der Waals surface area contributed by atoms with Gasteiger partial charge in [-0.25, -0.2) is 0 Å². The van der Waals surface area contributed by atoms with E-state index in [-0.39, 0.29) is 11.4 Å². The second kappa shape index (κ2) is 7.58. The van der Waals surface area contributed by atoms with Crippen LogP contribution in [-0.2, 0) is 9.53 Å². The fourth-order valence-corrected chi connectivity index (χ4v) is 3.60. The lowest BCUT2D eigenvalue weighted by molar-refractivity contribution is -0.129. The van der Waals surface area contributed by atoms with Crippen molar-refractivity contribution >= 4 is 23.0 Å². The molecule has 0 aromatic carbocycles. The molecule has 2 aromatic rings. The highest BCUT2D eigenvalue weighted by molar-refractivity contribution is 7.12. The van der Waals surface area contributed by atoms with Crippen LogP contribution in [0.15, 0.2) is 53.4 Å². The summed E-state index contributed by atoms with van der Waals surface area (Å²) in [5.74, 6) is -1.35. The van der Waals surface area contributed by atoms with E-state index < -0.39 is 17.7 Å². The monoisotopic (exact) mass is 358 g/mol. The van der Waals surface area contributed by atoms with E-state index in [1.807, 2.05) is 0 Å². The second-order valence-electron chi connectivity index (χ2n) is 5.60. The first kappa shape index (κ1) is 17.3. The van der Waals surface area contributed by atoms with Crippen molar-refractivity contribution in [2.24, 2.45) is 0 Å². The zero-order valence-electron chi connectivity index (χ0n) is 13.7. The van der Waals surface area contributed by atoms with E-state index in [1.54, 1.807) is 49.1 Å². The number of methoxy groups -OCH3 is 1. The number of ether oxygens (including phenoxy) is 1. The summed E-state index contributed by atoms with van der Waals surface area (Å²) in [7, 11) is 1.59. The Bertz CT molecular complexity index is 787. The van der Waals surface area contributed by atoms with Gasteiger partial charge in [0.15, 0.2) is 5.76 Å². The number of aromatic nitrogens is 1. The highest BCUT2D eigenvalue weighted by Crippen LogP contribution is 2.39. The van der Waals surface area contributed by atoms with Crippen molar-refractivity contribution in [1.29, 1.82) is 0 Å². The second-order valence-corrected chi connectivity index (χ2v) is 6.55. The molecule has 0 spiro atoms. The van der Waals surface area contributed by atoms with Crippen molar-refractivity contribution in [2.45, 2.75) is 12.5 Å². The van der Waals surface area contributed by atoms with Crippen LogP contribution in [0.5, 0.6) is 0 Å². The fourth-order valence-electron chi connectivity index (χ4n) is 2.92. The first-order valence-corrected chi connectivity index (χ1v) is 8.74. The number of ketones is 1. The molecule has 0 aliphatic carbocycles. The zero-order chi connectivity index (χ0) is 17.8. The Labute approximate surface area is 149 Å². The first-order chi connectivity index (χ1) is 12.1. The standard InChI is InChI=1S/C18H18N2O4S/c1-24-9-4-8-20-15(12-5-2-7-19-11-12)14(17(22)18(20)23)16(21)13-6-3-10-25-13/h2-3,5-7,10-11,15,22H,4,8-9H2,1H3. The van der Waals surface area contributed by atoms with Crippen LogP contribution in [0.25, 0.3) is 0 Å². The van der Waals surface area contributed by atoms with Gasteiger partial charge in [-0.3, -0.25) is 14.6 Å². The van der Waals surface area contributed by atoms with Crippen LogP contribution in [0.2, 0.25) is 0 Å². The molecule has 1 unspecified atom stereocenters. The van der Waals surface area contributed by atoms with E-state index in [1.165, 1.54) is 16.2 Å². The molecule has 3 rings (SSSR count). The number of hydrogen-bond acceptors (Lipinski definition) is 6. The highest BCUT2D eigenvalue weighted by Gasteiger charge is 2.43.